The minimum absolute atomic E-state index is 0.232. The number of carbonyl (C=O) groups excluding carboxylic acids is 1. The first-order chi connectivity index (χ1) is 15.2. The van der Waals surface area contributed by atoms with E-state index < -0.39 is 5.60 Å². The molecule has 0 spiro atoms. The van der Waals surface area contributed by atoms with Gasteiger partial charge in [0.2, 0.25) is 0 Å². The topological polar surface area (TPSA) is 55.3 Å². The van der Waals surface area contributed by atoms with E-state index in [1.807, 2.05) is 31.2 Å². The van der Waals surface area contributed by atoms with Gasteiger partial charge in [-0.15, -0.1) is 0 Å². The fourth-order valence-corrected chi connectivity index (χ4v) is 4.71. The standard InChI is InChI=1S/C24H21Cl2N3O2S/c1-15-6-11-19(26)21-20(15)28-23(32-21)29(14-16-5-4-12-27-13-16)22(30)24(2,3)31-18-9-7-17(25)8-10-18/h4-13H,14H2,1-3H3. The molecule has 2 aromatic carbocycles. The van der Waals surface area contributed by atoms with E-state index in [-0.39, 0.29) is 5.91 Å². The number of benzene rings is 2. The number of fused-ring (bicyclic) bond motifs is 1. The lowest BCUT2D eigenvalue weighted by molar-refractivity contribution is -0.131. The monoisotopic (exact) mass is 485 g/mol. The molecule has 0 saturated heterocycles. The molecule has 0 atom stereocenters. The highest BCUT2D eigenvalue weighted by atomic mass is 35.5. The van der Waals surface area contributed by atoms with Gasteiger partial charge in [-0.2, -0.15) is 0 Å². The fourth-order valence-electron chi connectivity index (χ4n) is 3.27. The van der Waals surface area contributed by atoms with Crippen molar-refractivity contribution in [1.29, 1.82) is 0 Å². The third kappa shape index (κ3) is 4.72. The number of halogens is 2. The van der Waals surface area contributed by atoms with Gasteiger partial charge in [-0.1, -0.05) is 46.7 Å². The molecule has 0 radical (unpaired) electrons. The van der Waals surface area contributed by atoms with Crippen LogP contribution in [0.2, 0.25) is 10.0 Å². The summed E-state index contributed by atoms with van der Waals surface area (Å²) < 4.78 is 6.91. The third-order valence-corrected chi connectivity index (χ3v) is 6.72. The predicted octanol–water partition coefficient (Wildman–Crippen LogP) is 6.70. The number of amides is 1. The summed E-state index contributed by atoms with van der Waals surface area (Å²) in [5.74, 6) is 0.321. The van der Waals surface area contributed by atoms with E-state index in [4.69, 9.17) is 32.9 Å². The number of ether oxygens (including phenoxy) is 1. The van der Waals surface area contributed by atoms with Gasteiger partial charge in [-0.05, 0) is 68.3 Å². The highest BCUT2D eigenvalue weighted by Crippen LogP contribution is 2.37. The van der Waals surface area contributed by atoms with E-state index in [1.54, 1.807) is 55.4 Å². The number of aromatic nitrogens is 2. The molecule has 0 aliphatic rings. The Kier molecular flexibility index (Phi) is 6.38. The zero-order valence-corrected chi connectivity index (χ0v) is 20.1. The lowest BCUT2D eigenvalue weighted by Crippen LogP contribution is -2.48. The van der Waals surface area contributed by atoms with Gasteiger partial charge in [0.25, 0.3) is 5.91 Å². The van der Waals surface area contributed by atoms with Crippen molar-refractivity contribution in [2.45, 2.75) is 32.9 Å². The van der Waals surface area contributed by atoms with Crippen LogP contribution in [-0.4, -0.2) is 21.5 Å². The normalized spacial score (nSPS) is 11.5. The van der Waals surface area contributed by atoms with Gasteiger partial charge in [-0.3, -0.25) is 14.7 Å². The largest absolute Gasteiger partial charge is 0.478 e. The van der Waals surface area contributed by atoms with Gasteiger partial charge in [0.05, 0.1) is 21.8 Å². The number of rotatable bonds is 6. The van der Waals surface area contributed by atoms with Crippen molar-refractivity contribution in [2.24, 2.45) is 0 Å². The van der Waals surface area contributed by atoms with Crippen LogP contribution in [0.3, 0.4) is 0 Å². The van der Waals surface area contributed by atoms with Gasteiger partial charge in [0.15, 0.2) is 10.7 Å². The molecule has 0 N–H and O–H groups in total. The van der Waals surface area contributed by atoms with Crippen LogP contribution < -0.4 is 9.64 Å². The molecule has 2 aromatic heterocycles. The summed E-state index contributed by atoms with van der Waals surface area (Å²) >= 11 is 13.8. The molecule has 1 amide bonds. The van der Waals surface area contributed by atoms with E-state index in [1.165, 1.54) is 11.3 Å². The predicted molar refractivity (Wildman–Crippen MR) is 131 cm³/mol. The van der Waals surface area contributed by atoms with Crippen molar-refractivity contribution < 1.29 is 9.53 Å². The quantitative estimate of drug-likeness (QED) is 0.305. The molecule has 32 heavy (non-hydrogen) atoms. The van der Waals surface area contributed by atoms with Gasteiger partial charge in [0.1, 0.15) is 5.75 Å². The van der Waals surface area contributed by atoms with Gasteiger partial charge in [-0.25, -0.2) is 4.98 Å². The molecule has 0 aliphatic heterocycles. The second-order valence-corrected chi connectivity index (χ2v) is 9.68. The zero-order valence-electron chi connectivity index (χ0n) is 17.8. The van der Waals surface area contributed by atoms with Crippen LogP contribution in [-0.2, 0) is 11.3 Å². The van der Waals surface area contributed by atoms with Crippen LogP contribution in [0.25, 0.3) is 10.2 Å². The van der Waals surface area contributed by atoms with E-state index >= 15 is 0 Å². The Hall–Kier alpha value is -2.67. The average molecular weight is 486 g/mol. The van der Waals surface area contributed by atoms with Crippen LogP contribution in [0.4, 0.5) is 5.13 Å². The number of pyridine rings is 1. The fraction of sp³-hybridized carbons (Fsp3) is 0.208. The molecule has 2 heterocycles. The lowest BCUT2D eigenvalue weighted by atomic mass is 10.1. The van der Waals surface area contributed by atoms with Gasteiger partial charge in [0, 0.05) is 17.4 Å². The number of thiazole rings is 1. The number of hydrogen-bond donors (Lipinski definition) is 0. The summed E-state index contributed by atoms with van der Waals surface area (Å²) in [6.45, 7) is 5.76. The maximum atomic E-state index is 13.8. The number of anilines is 1. The first-order valence-corrected chi connectivity index (χ1v) is 11.5. The summed E-state index contributed by atoms with van der Waals surface area (Å²) in [6, 6.07) is 14.5. The van der Waals surface area contributed by atoms with Crippen molar-refractivity contribution >= 4 is 55.8 Å². The summed E-state index contributed by atoms with van der Waals surface area (Å²) in [5, 5.41) is 1.76. The number of hydrogen-bond acceptors (Lipinski definition) is 5. The van der Waals surface area contributed by atoms with E-state index in [0.29, 0.717) is 27.5 Å². The van der Waals surface area contributed by atoms with E-state index in [0.717, 1.165) is 21.3 Å². The molecule has 0 unspecified atom stereocenters. The number of aryl methyl sites for hydroxylation is 1. The lowest BCUT2D eigenvalue weighted by Gasteiger charge is -2.31. The molecule has 0 saturated carbocycles. The maximum Gasteiger partial charge on any atom is 0.272 e. The Morgan fingerprint density at radius 2 is 1.88 bits per heavy atom. The van der Waals surface area contributed by atoms with Crippen molar-refractivity contribution in [3.63, 3.8) is 0 Å². The minimum Gasteiger partial charge on any atom is -0.478 e. The molecular weight excluding hydrogens is 465 g/mol. The molecule has 4 rings (SSSR count). The highest BCUT2D eigenvalue weighted by Gasteiger charge is 2.36. The van der Waals surface area contributed by atoms with Crippen LogP contribution in [0, 0.1) is 6.92 Å². The summed E-state index contributed by atoms with van der Waals surface area (Å²) in [4.78, 5) is 24.4. The molecule has 0 fully saturated rings. The Bertz CT molecular complexity index is 1220. The Morgan fingerprint density at radius 3 is 2.53 bits per heavy atom. The second kappa shape index (κ2) is 9.06. The SMILES string of the molecule is Cc1ccc(Cl)c2sc(N(Cc3cccnc3)C(=O)C(C)(C)Oc3ccc(Cl)cc3)nc12. The summed E-state index contributed by atoms with van der Waals surface area (Å²) in [6.07, 6.45) is 3.43. The van der Waals surface area contributed by atoms with Crippen molar-refractivity contribution in [3.05, 3.63) is 82.1 Å². The Morgan fingerprint density at radius 1 is 1.12 bits per heavy atom. The van der Waals surface area contributed by atoms with E-state index in [9.17, 15) is 4.79 Å². The zero-order chi connectivity index (χ0) is 22.9. The highest BCUT2D eigenvalue weighted by molar-refractivity contribution is 7.23. The Labute approximate surface area is 200 Å². The number of nitrogens with zero attached hydrogens (tertiary/aromatic N) is 3. The third-order valence-electron chi connectivity index (χ3n) is 4.93. The maximum absolute atomic E-state index is 13.8. The van der Waals surface area contributed by atoms with Crippen LogP contribution in [0.1, 0.15) is 25.0 Å². The molecule has 8 heteroatoms. The smallest absolute Gasteiger partial charge is 0.272 e. The first kappa shape index (κ1) is 22.5. The second-order valence-electron chi connectivity index (χ2n) is 7.86. The van der Waals surface area contributed by atoms with Crippen molar-refractivity contribution in [1.82, 2.24) is 9.97 Å². The van der Waals surface area contributed by atoms with Crippen LogP contribution in [0.15, 0.2) is 60.9 Å². The summed E-state index contributed by atoms with van der Waals surface area (Å²) in [5.41, 5.74) is 1.51. The molecule has 4 aromatic rings. The molecule has 0 bridgehead atoms. The van der Waals surface area contributed by atoms with E-state index in [2.05, 4.69) is 4.98 Å². The molecule has 0 aliphatic carbocycles. The minimum atomic E-state index is -1.16. The van der Waals surface area contributed by atoms with Crippen LogP contribution in [0.5, 0.6) is 5.75 Å². The van der Waals surface area contributed by atoms with Gasteiger partial charge < -0.3 is 4.74 Å². The van der Waals surface area contributed by atoms with Crippen LogP contribution >= 0.6 is 34.5 Å². The number of carbonyl (C=O) groups is 1. The van der Waals surface area contributed by atoms with Gasteiger partial charge >= 0.3 is 0 Å². The molecule has 164 valence electrons. The Balaban J connectivity index is 1.73. The molecule has 5 nitrogen and oxygen atoms in total. The first-order valence-electron chi connectivity index (χ1n) is 9.96. The van der Waals surface area contributed by atoms with Crippen molar-refractivity contribution in [2.75, 3.05) is 4.90 Å². The van der Waals surface area contributed by atoms with Crippen molar-refractivity contribution in [3.8, 4) is 5.75 Å². The average Bonchev–Trinajstić information content (AvgIpc) is 3.23. The summed E-state index contributed by atoms with van der Waals surface area (Å²) in [7, 11) is 0. The molecular formula is C24H21Cl2N3O2S.